The summed E-state index contributed by atoms with van der Waals surface area (Å²) in [4.78, 5) is 13.4. The summed E-state index contributed by atoms with van der Waals surface area (Å²) < 4.78 is 41.3. The van der Waals surface area contributed by atoms with E-state index in [9.17, 15) is 23.1 Å². The van der Waals surface area contributed by atoms with Crippen LogP contribution in [0.2, 0.25) is 0 Å². The van der Waals surface area contributed by atoms with E-state index < -0.39 is 24.7 Å². The number of carbonyl (C=O) groups is 1. The molecule has 2 N–H and O–H groups in total. The number of hydrogen-bond donors (Lipinski definition) is 2. The Morgan fingerprint density at radius 3 is 2.95 bits per heavy atom. The van der Waals surface area contributed by atoms with E-state index in [-0.39, 0.29) is 12.6 Å². The van der Waals surface area contributed by atoms with Crippen molar-refractivity contribution in [3.8, 4) is 0 Å². The lowest BCUT2D eigenvalue weighted by atomic mass is 10.1. The van der Waals surface area contributed by atoms with Crippen molar-refractivity contribution in [2.75, 3.05) is 19.6 Å². The van der Waals surface area contributed by atoms with Crippen molar-refractivity contribution in [1.82, 2.24) is 10.2 Å². The molecule has 0 saturated carbocycles. The zero-order valence-corrected chi connectivity index (χ0v) is 12.0. The Balaban J connectivity index is 1.81. The van der Waals surface area contributed by atoms with Gasteiger partial charge in [0, 0.05) is 6.04 Å². The molecular formula is C14H19F3N2O3. The lowest BCUT2D eigenvalue weighted by Gasteiger charge is -2.25. The molecule has 1 amide bonds. The lowest BCUT2D eigenvalue weighted by molar-refractivity contribution is -0.139. The van der Waals surface area contributed by atoms with Crippen LogP contribution in [0.3, 0.4) is 0 Å². The van der Waals surface area contributed by atoms with Gasteiger partial charge in [0.25, 0.3) is 0 Å². The van der Waals surface area contributed by atoms with E-state index >= 15 is 0 Å². The van der Waals surface area contributed by atoms with Crippen molar-refractivity contribution < 1.29 is 27.5 Å². The van der Waals surface area contributed by atoms with Gasteiger partial charge < -0.3 is 14.8 Å². The molecule has 8 heteroatoms. The average molecular weight is 320 g/mol. The number of nitrogens with one attached hydrogen (secondary N) is 1. The van der Waals surface area contributed by atoms with Crippen LogP contribution in [-0.2, 0) is 4.79 Å². The Hall–Kier alpha value is -1.54. The number of halogens is 3. The topological polar surface area (TPSA) is 65.7 Å². The second-order valence-corrected chi connectivity index (χ2v) is 5.43. The third-order valence-corrected chi connectivity index (χ3v) is 3.70. The maximum absolute atomic E-state index is 12.1. The number of alkyl halides is 3. The largest absolute Gasteiger partial charge is 0.467 e. The fraction of sp³-hybridized carbons (Fsp3) is 0.643. The highest BCUT2D eigenvalue weighted by molar-refractivity contribution is 5.78. The first-order valence-electron chi connectivity index (χ1n) is 7.14. The maximum Gasteiger partial charge on any atom is 0.405 e. The van der Waals surface area contributed by atoms with Crippen LogP contribution in [0.5, 0.6) is 0 Å². The minimum atomic E-state index is -4.41. The van der Waals surface area contributed by atoms with Crippen molar-refractivity contribution in [3.63, 3.8) is 0 Å². The van der Waals surface area contributed by atoms with Gasteiger partial charge in [-0.25, -0.2) is 0 Å². The van der Waals surface area contributed by atoms with Crippen LogP contribution < -0.4 is 5.32 Å². The third kappa shape index (κ3) is 5.03. The standard InChI is InChI=1S/C14H19F3N2O3/c15-14(16,17)9-18-13(21)8-19-5-1-3-10(19)7-11(20)12-4-2-6-22-12/h2,4,6,10-11,20H,1,3,5,7-9H2,(H,18,21). The number of amides is 1. The minimum absolute atomic E-state index is 0.0447. The maximum atomic E-state index is 12.1. The molecule has 2 heterocycles. The Morgan fingerprint density at radius 1 is 1.55 bits per heavy atom. The Morgan fingerprint density at radius 2 is 2.32 bits per heavy atom. The van der Waals surface area contributed by atoms with Gasteiger partial charge >= 0.3 is 6.18 Å². The Bertz CT molecular complexity index is 476. The minimum Gasteiger partial charge on any atom is -0.467 e. The van der Waals surface area contributed by atoms with Crippen LogP contribution in [0.25, 0.3) is 0 Å². The number of aliphatic hydroxyl groups is 1. The fourth-order valence-electron chi connectivity index (χ4n) is 2.66. The molecule has 1 saturated heterocycles. The van der Waals surface area contributed by atoms with E-state index in [2.05, 4.69) is 0 Å². The average Bonchev–Trinajstić information content (AvgIpc) is 3.08. The molecule has 0 bridgehead atoms. The van der Waals surface area contributed by atoms with Gasteiger partial charge in [-0.05, 0) is 37.9 Å². The van der Waals surface area contributed by atoms with Crippen LogP contribution in [0, 0.1) is 0 Å². The number of nitrogens with zero attached hydrogens (tertiary/aromatic N) is 1. The van der Waals surface area contributed by atoms with E-state index in [1.165, 1.54) is 6.26 Å². The summed E-state index contributed by atoms with van der Waals surface area (Å²) in [6.45, 7) is -0.778. The van der Waals surface area contributed by atoms with Gasteiger partial charge in [-0.3, -0.25) is 9.69 Å². The van der Waals surface area contributed by atoms with Crippen molar-refractivity contribution >= 4 is 5.91 Å². The Labute approximate surface area is 126 Å². The zero-order chi connectivity index (χ0) is 16.2. The van der Waals surface area contributed by atoms with Crippen molar-refractivity contribution in [3.05, 3.63) is 24.2 Å². The predicted octanol–water partition coefficient (Wildman–Crippen LogP) is 1.85. The molecule has 22 heavy (non-hydrogen) atoms. The van der Waals surface area contributed by atoms with Gasteiger partial charge in [-0.2, -0.15) is 13.2 Å². The highest BCUT2D eigenvalue weighted by atomic mass is 19.4. The SMILES string of the molecule is O=C(CN1CCCC1CC(O)c1ccco1)NCC(F)(F)F. The number of carbonyl (C=O) groups excluding carboxylic acids is 1. The number of aliphatic hydroxyl groups excluding tert-OH is 1. The summed E-state index contributed by atoms with van der Waals surface area (Å²) in [7, 11) is 0. The van der Waals surface area contributed by atoms with Crippen molar-refractivity contribution in [1.29, 1.82) is 0 Å². The molecular weight excluding hydrogens is 301 g/mol. The molecule has 1 aromatic heterocycles. The van der Waals surface area contributed by atoms with Crippen LogP contribution in [0.1, 0.15) is 31.1 Å². The molecule has 1 aliphatic rings. The Kier molecular flexibility index (Phi) is 5.47. The summed E-state index contributed by atoms with van der Waals surface area (Å²) in [5.74, 6) is -0.204. The molecule has 2 unspecified atom stereocenters. The summed E-state index contributed by atoms with van der Waals surface area (Å²) in [6, 6.07) is 3.30. The van der Waals surface area contributed by atoms with Gasteiger partial charge in [-0.15, -0.1) is 0 Å². The van der Waals surface area contributed by atoms with Gasteiger partial charge in [0.05, 0.1) is 12.8 Å². The molecule has 5 nitrogen and oxygen atoms in total. The molecule has 0 spiro atoms. The molecule has 0 radical (unpaired) electrons. The molecule has 0 aromatic carbocycles. The first-order chi connectivity index (χ1) is 10.3. The summed E-state index contributed by atoms with van der Waals surface area (Å²) in [5, 5.41) is 11.9. The number of furan rings is 1. The molecule has 1 aromatic rings. The zero-order valence-electron chi connectivity index (χ0n) is 12.0. The number of rotatable bonds is 6. The molecule has 124 valence electrons. The van der Waals surface area contributed by atoms with E-state index in [0.717, 1.165) is 12.8 Å². The quantitative estimate of drug-likeness (QED) is 0.839. The predicted molar refractivity (Wildman–Crippen MR) is 71.9 cm³/mol. The fourth-order valence-corrected chi connectivity index (χ4v) is 2.66. The van der Waals surface area contributed by atoms with Gasteiger partial charge in [0.15, 0.2) is 0 Å². The molecule has 0 aliphatic carbocycles. The van der Waals surface area contributed by atoms with Crippen LogP contribution in [-0.4, -0.2) is 47.8 Å². The van der Waals surface area contributed by atoms with Crippen molar-refractivity contribution in [2.45, 2.75) is 37.6 Å². The number of likely N-dealkylation sites (tertiary alicyclic amines) is 1. The van der Waals surface area contributed by atoms with E-state index in [0.29, 0.717) is 18.7 Å². The van der Waals surface area contributed by atoms with Crippen molar-refractivity contribution in [2.24, 2.45) is 0 Å². The van der Waals surface area contributed by atoms with Gasteiger partial charge in [0.1, 0.15) is 18.4 Å². The summed E-state index contributed by atoms with van der Waals surface area (Å²) in [6.07, 6.45) is -1.68. The first kappa shape index (κ1) is 16.8. The van der Waals surface area contributed by atoms with Gasteiger partial charge in [-0.1, -0.05) is 0 Å². The lowest BCUT2D eigenvalue weighted by Crippen LogP contribution is -2.43. The van der Waals surface area contributed by atoms with Gasteiger partial charge in [0.2, 0.25) is 5.91 Å². The summed E-state index contributed by atoms with van der Waals surface area (Å²) in [5.41, 5.74) is 0. The molecule has 2 atom stereocenters. The highest BCUT2D eigenvalue weighted by Gasteiger charge is 2.31. The van der Waals surface area contributed by atoms with E-state index in [1.807, 2.05) is 5.32 Å². The van der Waals surface area contributed by atoms with Crippen LogP contribution >= 0.6 is 0 Å². The molecule has 2 rings (SSSR count). The number of hydrogen-bond acceptors (Lipinski definition) is 4. The monoisotopic (exact) mass is 320 g/mol. The normalized spacial score (nSPS) is 21.0. The highest BCUT2D eigenvalue weighted by Crippen LogP contribution is 2.27. The molecule has 1 fully saturated rings. The van der Waals surface area contributed by atoms with E-state index in [1.54, 1.807) is 17.0 Å². The van der Waals surface area contributed by atoms with E-state index in [4.69, 9.17) is 4.42 Å². The summed E-state index contributed by atoms with van der Waals surface area (Å²) >= 11 is 0. The van der Waals surface area contributed by atoms with Crippen LogP contribution in [0.4, 0.5) is 13.2 Å². The third-order valence-electron chi connectivity index (χ3n) is 3.70. The second-order valence-electron chi connectivity index (χ2n) is 5.43. The van der Waals surface area contributed by atoms with Crippen LogP contribution in [0.15, 0.2) is 22.8 Å². The first-order valence-corrected chi connectivity index (χ1v) is 7.14. The smallest absolute Gasteiger partial charge is 0.405 e. The molecule has 1 aliphatic heterocycles. The second kappa shape index (κ2) is 7.15.